The molecule has 0 saturated carbocycles. The van der Waals surface area contributed by atoms with Gasteiger partial charge in [0.15, 0.2) is 0 Å². The number of hydrogen-bond donors (Lipinski definition) is 0. The lowest BCUT2D eigenvalue weighted by atomic mass is 9.76. The Morgan fingerprint density at radius 3 is 2.34 bits per heavy atom. The molecule has 32 heavy (non-hydrogen) atoms. The van der Waals surface area contributed by atoms with Crippen LogP contribution in [0.5, 0.6) is 0 Å². The molecular weight excluding hydrogens is 457 g/mol. The highest BCUT2D eigenvalue weighted by Crippen LogP contribution is 2.47. The number of allylic oxidation sites excluding steroid dienone is 7. The lowest BCUT2D eigenvalue weighted by molar-refractivity contribution is 0.637. The maximum atomic E-state index is 6.56. The van der Waals surface area contributed by atoms with Crippen LogP contribution in [0.4, 0.5) is 5.69 Å². The highest BCUT2D eigenvalue weighted by atomic mass is 35.5. The van der Waals surface area contributed by atoms with E-state index in [9.17, 15) is 0 Å². The Balaban J connectivity index is 1.83. The van der Waals surface area contributed by atoms with E-state index in [1.807, 2.05) is 48.6 Å². The van der Waals surface area contributed by atoms with Gasteiger partial charge in [-0.1, -0.05) is 81.2 Å². The van der Waals surface area contributed by atoms with Gasteiger partial charge in [0.05, 0.1) is 0 Å². The van der Waals surface area contributed by atoms with Gasteiger partial charge in [-0.25, -0.2) is 0 Å². The Morgan fingerprint density at radius 2 is 1.66 bits per heavy atom. The first-order valence-electron chi connectivity index (χ1n) is 10.6. The van der Waals surface area contributed by atoms with Crippen molar-refractivity contribution in [2.24, 2.45) is 0 Å². The number of nitrogens with zero attached hydrogens (tertiary/aromatic N) is 1. The third-order valence-corrected chi connectivity index (χ3v) is 7.24. The second kappa shape index (κ2) is 9.14. The minimum absolute atomic E-state index is 0.165. The number of benzene rings is 2. The van der Waals surface area contributed by atoms with Gasteiger partial charge in [-0.3, -0.25) is 0 Å². The topological polar surface area (TPSA) is 3.24 Å². The van der Waals surface area contributed by atoms with E-state index in [4.69, 9.17) is 34.8 Å². The van der Waals surface area contributed by atoms with Crippen LogP contribution < -0.4 is 4.90 Å². The predicted molar refractivity (Wildman–Crippen MR) is 142 cm³/mol. The molecule has 4 heteroatoms. The normalized spacial score (nSPS) is 17.3. The van der Waals surface area contributed by atoms with E-state index in [1.165, 1.54) is 11.1 Å². The van der Waals surface area contributed by atoms with E-state index in [2.05, 4.69) is 65.3 Å². The summed E-state index contributed by atoms with van der Waals surface area (Å²) >= 11 is 19.0. The summed E-state index contributed by atoms with van der Waals surface area (Å²) in [7, 11) is 2.07. The molecule has 0 spiro atoms. The van der Waals surface area contributed by atoms with Crippen molar-refractivity contribution in [3.63, 3.8) is 0 Å². The number of likely N-dealkylation sites (N-methyl/N-ethyl adjacent to an activating group) is 1. The van der Waals surface area contributed by atoms with E-state index < -0.39 is 0 Å². The molecule has 0 aliphatic carbocycles. The summed E-state index contributed by atoms with van der Waals surface area (Å²) in [4.78, 5) is 2.19. The van der Waals surface area contributed by atoms with Crippen LogP contribution in [-0.4, -0.2) is 7.05 Å². The number of fused-ring (bicyclic) bond motifs is 1. The number of halogens is 3. The maximum Gasteiger partial charge on any atom is 0.0449 e. The smallest absolute Gasteiger partial charge is 0.0449 e. The molecule has 1 heterocycles. The van der Waals surface area contributed by atoms with Crippen molar-refractivity contribution >= 4 is 40.5 Å². The fourth-order valence-electron chi connectivity index (χ4n) is 4.35. The summed E-state index contributed by atoms with van der Waals surface area (Å²) in [6, 6.07) is 12.0. The largest absolute Gasteiger partial charge is 0.347 e. The zero-order chi connectivity index (χ0) is 23.8. The first-order valence-corrected chi connectivity index (χ1v) is 11.7. The monoisotopic (exact) mass is 485 g/mol. The van der Waals surface area contributed by atoms with E-state index in [0.29, 0.717) is 5.03 Å². The molecule has 0 saturated heterocycles. The van der Waals surface area contributed by atoms with Crippen LogP contribution in [0.25, 0.3) is 0 Å². The van der Waals surface area contributed by atoms with Crippen molar-refractivity contribution in [1.29, 1.82) is 0 Å². The Bertz CT molecular complexity index is 1150. The van der Waals surface area contributed by atoms with E-state index in [-0.39, 0.29) is 10.8 Å². The quantitative estimate of drug-likeness (QED) is 0.381. The Kier molecular flexibility index (Phi) is 7.05. The molecule has 1 aliphatic heterocycles. The molecule has 0 fully saturated rings. The summed E-state index contributed by atoms with van der Waals surface area (Å²) in [5, 5.41) is 2.11. The van der Waals surface area contributed by atoms with Gasteiger partial charge in [0, 0.05) is 44.3 Å². The fraction of sp³-hybridized carbons (Fsp3) is 0.286. The zero-order valence-corrected chi connectivity index (χ0v) is 21.8. The average Bonchev–Trinajstić information content (AvgIpc) is 2.91. The fourth-order valence-corrected chi connectivity index (χ4v) is 4.82. The minimum Gasteiger partial charge on any atom is -0.347 e. The molecule has 168 valence electrons. The van der Waals surface area contributed by atoms with Crippen LogP contribution >= 0.6 is 34.8 Å². The van der Waals surface area contributed by atoms with Crippen molar-refractivity contribution in [2.45, 2.75) is 45.4 Å². The molecular formula is C28H30Cl3N. The molecule has 2 aromatic carbocycles. The average molecular weight is 487 g/mol. The van der Waals surface area contributed by atoms with E-state index >= 15 is 0 Å². The highest BCUT2D eigenvalue weighted by molar-refractivity contribution is 6.31. The summed E-state index contributed by atoms with van der Waals surface area (Å²) in [5.74, 6) is 0. The lowest BCUT2D eigenvalue weighted by Gasteiger charge is -2.28. The minimum atomic E-state index is -0.268. The lowest BCUT2D eigenvalue weighted by Crippen LogP contribution is -2.22. The van der Waals surface area contributed by atoms with Gasteiger partial charge in [0.2, 0.25) is 0 Å². The van der Waals surface area contributed by atoms with Gasteiger partial charge in [-0.15, -0.1) is 0 Å². The molecule has 0 radical (unpaired) electrons. The second-order valence-corrected chi connectivity index (χ2v) is 10.7. The van der Waals surface area contributed by atoms with Gasteiger partial charge in [0.25, 0.3) is 0 Å². The van der Waals surface area contributed by atoms with Gasteiger partial charge in [0.1, 0.15) is 0 Å². The highest BCUT2D eigenvalue weighted by Gasteiger charge is 2.38. The first-order chi connectivity index (χ1) is 14.9. The Morgan fingerprint density at radius 1 is 1.03 bits per heavy atom. The second-order valence-electron chi connectivity index (χ2n) is 9.39. The number of aryl methyl sites for hydroxylation is 1. The van der Waals surface area contributed by atoms with Crippen LogP contribution in [0.15, 0.2) is 83.6 Å². The third kappa shape index (κ3) is 4.71. The maximum absolute atomic E-state index is 6.56. The summed E-state index contributed by atoms with van der Waals surface area (Å²) in [6.45, 7) is 15.1. The van der Waals surface area contributed by atoms with Crippen molar-refractivity contribution in [1.82, 2.24) is 0 Å². The molecule has 0 amide bonds. The number of hydrogen-bond acceptors (Lipinski definition) is 1. The van der Waals surface area contributed by atoms with Crippen LogP contribution in [0.3, 0.4) is 0 Å². The van der Waals surface area contributed by atoms with Gasteiger partial charge < -0.3 is 4.90 Å². The van der Waals surface area contributed by atoms with E-state index in [1.54, 1.807) is 0 Å². The Hall–Kier alpha value is -1.93. The SMILES string of the molecule is C=C(/C=C/C(Cl)=C/C=C1/N(C)c2ccc(Cl)cc2C1(C)C)C(C)(C)c1cc(Cl)ccc1C. The van der Waals surface area contributed by atoms with Crippen LogP contribution in [-0.2, 0) is 10.8 Å². The first kappa shape index (κ1) is 24.7. The zero-order valence-electron chi connectivity index (χ0n) is 19.6. The molecule has 0 unspecified atom stereocenters. The van der Waals surface area contributed by atoms with Crippen LogP contribution in [0.2, 0.25) is 10.0 Å². The number of rotatable bonds is 5. The molecule has 1 aliphatic rings. The predicted octanol–water partition coefficient (Wildman–Crippen LogP) is 9.13. The summed E-state index contributed by atoms with van der Waals surface area (Å²) in [5.41, 5.74) is 6.41. The van der Waals surface area contributed by atoms with Crippen molar-refractivity contribution in [3.8, 4) is 0 Å². The number of anilines is 1. The molecule has 2 aromatic rings. The molecule has 1 nitrogen and oxygen atoms in total. The van der Waals surface area contributed by atoms with Gasteiger partial charge in [-0.2, -0.15) is 0 Å². The van der Waals surface area contributed by atoms with Crippen molar-refractivity contribution in [3.05, 3.63) is 110 Å². The van der Waals surface area contributed by atoms with Crippen molar-refractivity contribution < 1.29 is 0 Å². The Labute approximate surface area is 207 Å². The molecule has 0 atom stereocenters. The van der Waals surface area contributed by atoms with Gasteiger partial charge in [-0.05, 0) is 77.7 Å². The molecule has 0 aromatic heterocycles. The third-order valence-electron chi connectivity index (χ3n) is 6.51. The van der Waals surface area contributed by atoms with Crippen LogP contribution in [0.1, 0.15) is 44.4 Å². The molecule has 3 rings (SSSR count). The van der Waals surface area contributed by atoms with Crippen LogP contribution in [0, 0.1) is 6.92 Å². The summed E-state index contributed by atoms with van der Waals surface area (Å²) in [6.07, 6.45) is 7.89. The van der Waals surface area contributed by atoms with Gasteiger partial charge >= 0.3 is 0 Å². The van der Waals surface area contributed by atoms with E-state index in [0.717, 1.165) is 32.6 Å². The molecule has 0 N–H and O–H groups in total. The summed E-state index contributed by atoms with van der Waals surface area (Å²) < 4.78 is 0. The standard InChI is InChI=1S/C28H30Cl3N/c1-18-8-10-21(30)16-23(18)27(3,4)19(2)9-11-20(29)13-15-26-28(5,6)24-17-22(31)12-14-25(24)32(26)7/h8-17H,2H2,1,3-7H3/b11-9+,20-13-,26-15+. The van der Waals surface area contributed by atoms with Crippen molar-refractivity contribution in [2.75, 3.05) is 11.9 Å². The molecule has 0 bridgehead atoms.